The predicted octanol–water partition coefficient (Wildman–Crippen LogP) is 6.63. The van der Waals surface area contributed by atoms with Gasteiger partial charge in [0.25, 0.3) is 0 Å². The number of piperidine rings is 2. The van der Waals surface area contributed by atoms with E-state index in [4.69, 9.17) is 5.26 Å². The van der Waals surface area contributed by atoms with Crippen molar-refractivity contribution in [2.45, 2.75) is 96.8 Å². The summed E-state index contributed by atoms with van der Waals surface area (Å²) in [5.74, 6) is 0.792. The summed E-state index contributed by atoms with van der Waals surface area (Å²) in [6.45, 7) is 6.93. The number of fused-ring (bicyclic) bond motifs is 16. The van der Waals surface area contributed by atoms with Crippen LogP contribution in [0.1, 0.15) is 134 Å². The minimum atomic E-state index is -0.0722. The lowest BCUT2D eigenvalue weighted by Gasteiger charge is -2.21. The Kier molecular flexibility index (Phi) is 24.6. The zero-order valence-corrected chi connectivity index (χ0v) is 46.7. The van der Waals surface area contributed by atoms with Crippen LogP contribution in [-0.2, 0) is 51.4 Å². The topological polar surface area (TPSA) is 319 Å². The standard InChI is InChI=1S/2C28H24O4.2C5H11N.C2H3N.3H2O/c2*29-25-17-5-1-6-18(25)14-20-8-3-10-22(27(20)31)16-24-12-4-11-23(28(24)32)15-21-9-2-7-19(13-17)26(21)30;2*1-2-4-6-5-3-1;1-2-3;;;/h2*1-12,29-32H,13-16H2;2*6H,1-5H2;1H3;3*1H2. The molecule has 2 aliphatic heterocycles. The Morgan fingerprint density at radius 3 is 0.549 bits per heavy atom. The summed E-state index contributed by atoms with van der Waals surface area (Å²) in [6.07, 6.45) is 11.4. The molecular weight excluding hydrogens is 1030 g/mol. The first-order chi connectivity index (χ1) is 38.4. The van der Waals surface area contributed by atoms with E-state index in [2.05, 4.69) is 10.6 Å². The molecule has 8 aromatic carbocycles. The highest BCUT2D eigenvalue weighted by molar-refractivity contribution is 5.57. The van der Waals surface area contributed by atoms with E-state index in [1.54, 1.807) is 30.3 Å². The van der Waals surface area contributed by atoms with E-state index in [1.807, 2.05) is 121 Å². The van der Waals surface area contributed by atoms with Gasteiger partial charge in [-0.05, 0) is 105 Å². The molecule has 82 heavy (non-hydrogen) atoms. The maximum Gasteiger partial charge on any atom is 0.122 e. The second-order valence-electron chi connectivity index (χ2n) is 20.9. The highest BCUT2D eigenvalue weighted by Crippen LogP contribution is 2.39. The minimum Gasteiger partial charge on any atom is -0.872 e. The van der Waals surface area contributed by atoms with Crippen LogP contribution in [0.5, 0.6) is 46.0 Å². The Balaban J connectivity index is 0.000000233. The Hall–Kier alpha value is -8.55. The third kappa shape index (κ3) is 16.3. The van der Waals surface area contributed by atoms with Crippen molar-refractivity contribution in [2.24, 2.45) is 0 Å². The van der Waals surface area contributed by atoms with Gasteiger partial charge in [0, 0.05) is 58.3 Å². The molecule has 8 aromatic rings. The van der Waals surface area contributed by atoms with Crippen LogP contribution in [0.4, 0.5) is 0 Å². The predicted molar refractivity (Wildman–Crippen MR) is 316 cm³/mol. The summed E-state index contributed by atoms with van der Waals surface area (Å²) in [5, 5.41) is 104. The van der Waals surface area contributed by atoms with Crippen molar-refractivity contribution in [2.75, 3.05) is 26.2 Å². The van der Waals surface area contributed by atoms with Crippen molar-refractivity contribution in [3.63, 3.8) is 0 Å². The van der Waals surface area contributed by atoms with Gasteiger partial charge in [0.1, 0.15) is 34.5 Å². The molecule has 16 bridgehead atoms. The Labute approximate surface area is 480 Å². The number of nitrogens with zero attached hydrogens (tertiary/aromatic N) is 1. The molecule has 2 heterocycles. The fourth-order valence-electron chi connectivity index (χ4n) is 10.9. The number of aromatic hydroxyl groups is 6. The molecule has 0 atom stereocenters. The van der Waals surface area contributed by atoms with E-state index >= 15 is 0 Å². The number of phenols is 6. The van der Waals surface area contributed by atoms with Crippen LogP contribution in [0.2, 0.25) is 0 Å². The van der Waals surface area contributed by atoms with Gasteiger partial charge in [-0.3, -0.25) is 0 Å². The van der Waals surface area contributed by atoms with Crippen molar-refractivity contribution in [3.05, 3.63) is 235 Å². The normalized spacial score (nSPS) is 13.8. The van der Waals surface area contributed by atoms with Crippen LogP contribution in [0, 0.1) is 11.3 Å². The van der Waals surface area contributed by atoms with Gasteiger partial charge < -0.3 is 67.9 Å². The molecule has 0 radical (unpaired) electrons. The number of hydrogen-bond acceptors (Lipinski definition) is 9. The lowest BCUT2D eigenvalue weighted by molar-refractivity contribution is -0.662. The van der Waals surface area contributed by atoms with Gasteiger partial charge in [-0.2, -0.15) is 5.26 Å². The average Bonchev–Trinajstić information content (AvgIpc) is 3.46. The third-order valence-corrected chi connectivity index (χ3v) is 15.3. The van der Waals surface area contributed by atoms with E-state index in [-0.39, 0.29) is 62.4 Å². The molecule has 16 N–H and O–H groups in total. The number of rotatable bonds is 0. The van der Waals surface area contributed by atoms with Gasteiger partial charge in [0.2, 0.25) is 0 Å². The van der Waals surface area contributed by atoms with Crippen LogP contribution >= 0.6 is 0 Å². The summed E-state index contributed by atoms with van der Waals surface area (Å²) >= 11 is 0. The van der Waals surface area contributed by atoms with Crippen molar-refractivity contribution in [1.82, 2.24) is 0 Å². The zero-order valence-electron chi connectivity index (χ0n) is 46.7. The number of hydrogen-bond donors (Lipinski definition) is 8. The molecule has 0 spiro atoms. The largest absolute Gasteiger partial charge is 0.872 e. The van der Waals surface area contributed by atoms with Crippen LogP contribution < -0.4 is 20.8 Å². The molecule has 432 valence electrons. The molecule has 14 heteroatoms. The van der Waals surface area contributed by atoms with Crippen molar-refractivity contribution < 1.29 is 67.9 Å². The molecule has 4 aliphatic rings. The van der Waals surface area contributed by atoms with E-state index < -0.39 is 0 Å². The Bertz CT molecular complexity index is 2590. The van der Waals surface area contributed by atoms with Gasteiger partial charge in [-0.25, -0.2) is 0 Å². The van der Waals surface area contributed by atoms with Crippen LogP contribution in [0.3, 0.4) is 0 Å². The van der Waals surface area contributed by atoms with Crippen LogP contribution in [-0.4, -0.2) is 73.2 Å². The van der Waals surface area contributed by atoms with Gasteiger partial charge in [-0.15, -0.1) is 11.5 Å². The second kappa shape index (κ2) is 31.4. The molecule has 0 aromatic heterocycles. The summed E-state index contributed by atoms with van der Waals surface area (Å²) < 4.78 is 0. The summed E-state index contributed by atoms with van der Waals surface area (Å²) in [4.78, 5) is 0. The Morgan fingerprint density at radius 2 is 0.427 bits per heavy atom. The van der Waals surface area contributed by atoms with E-state index in [0.717, 1.165) is 0 Å². The monoisotopic (exact) mass is 1110 g/mol. The van der Waals surface area contributed by atoms with Crippen molar-refractivity contribution >= 4 is 0 Å². The molecular formula is C68H79N3O11. The quantitative estimate of drug-likeness (QED) is 0.0807. The highest BCUT2D eigenvalue weighted by Gasteiger charge is 2.19. The summed E-state index contributed by atoms with van der Waals surface area (Å²) in [7, 11) is 0. The summed E-state index contributed by atoms with van der Waals surface area (Å²) in [5.41, 5.74) is 10.6. The Morgan fingerprint density at radius 1 is 0.293 bits per heavy atom. The van der Waals surface area contributed by atoms with Gasteiger partial charge in [-0.1, -0.05) is 168 Å². The maximum atomic E-state index is 13.2. The molecule has 2 fully saturated rings. The van der Waals surface area contributed by atoms with Gasteiger partial charge in [0.15, 0.2) is 0 Å². The van der Waals surface area contributed by atoms with Crippen molar-refractivity contribution in [3.8, 4) is 52.1 Å². The summed E-state index contributed by atoms with van der Waals surface area (Å²) in [6, 6.07) is 45.8. The van der Waals surface area contributed by atoms with Gasteiger partial charge >= 0.3 is 0 Å². The first-order valence-corrected chi connectivity index (χ1v) is 27.7. The molecule has 0 saturated carbocycles. The van der Waals surface area contributed by atoms with Crippen molar-refractivity contribution in [1.29, 1.82) is 5.26 Å². The molecule has 0 amide bonds. The lowest BCUT2D eigenvalue weighted by Crippen LogP contribution is -2.85. The maximum absolute atomic E-state index is 13.2. The minimum absolute atomic E-state index is 0. The zero-order chi connectivity index (χ0) is 55.7. The number of quaternary nitrogens is 2. The first-order valence-electron chi connectivity index (χ1n) is 27.7. The van der Waals surface area contributed by atoms with Gasteiger partial charge in [0.05, 0.1) is 32.2 Å². The van der Waals surface area contributed by atoms with E-state index in [9.17, 15) is 40.9 Å². The highest BCUT2D eigenvalue weighted by atomic mass is 16.3. The molecule has 14 nitrogen and oxygen atoms in total. The molecule has 2 aliphatic carbocycles. The molecule has 12 rings (SSSR count). The number of para-hydroxylation sites is 8. The molecule has 2 saturated heterocycles. The number of nitriles is 1. The van der Waals surface area contributed by atoms with E-state index in [1.165, 1.54) is 71.6 Å². The lowest BCUT2D eigenvalue weighted by atomic mass is 9.91. The number of benzene rings is 8. The van der Waals surface area contributed by atoms with Crippen LogP contribution in [0.25, 0.3) is 0 Å². The first kappa shape index (κ1) is 64.3. The SMILES string of the molecule is C1CC[NH2+]CC1.C1CC[NH2+]CC1.CC#N.O.O.O.[O-]c1c2cccc1Cc1cccc(c1O)Cc1cccc(c1O)Cc1cccc(c1O)C2.[O-]c1c2cccc1Cc1cccc(c1O)Cc1cccc(c1O)Cc1cccc(c1O)C2. The third-order valence-electron chi connectivity index (χ3n) is 15.3. The van der Waals surface area contributed by atoms with E-state index in [0.29, 0.717) is 140 Å². The fourth-order valence-corrected chi connectivity index (χ4v) is 10.9. The molecule has 0 unspecified atom stereocenters. The second-order valence-corrected chi connectivity index (χ2v) is 20.9. The smallest absolute Gasteiger partial charge is 0.122 e. The average molecular weight is 1110 g/mol. The fraction of sp³-hybridized carbons (Fsp3) is 0.279. The van der Waals surface area contributed by atoms with Crippen LogP contribution in [0.15, 0.2) is 146 Å². The number of nitrogens with two attached hydrogens (primary N) is 2. The number of phenolic OH excluding ortho intramolecular Hbond substituents is 6.